The van der Waals surface area contributed by atoms with E-state index in [-0.39, 0.29) is 23.7 Å². The maximum Gasteiger partial charge on any atom is 0.230 e. The minimum absolute atomic E-state index is 0.0596. The minimum atomic E-state index is -0.368. The minimum Gasteiger partial charge on any atom is -0.341 e. The van der Waals surface area contributed by atoms with Gasteiger partial charge in [0.05, 0.1) is 5.41 Å². The van der Waals surface area contributed by atoms with Crippen molar-refractivity contribution in [3.8, 4) is 0 Å². The van der Waals surface area contributed by atoms with E-state index in [0.29, 0.717) is 17.1 Å². The molecule has 1 saturated heterocycles. The van der Waals surface area contributed by atoms with Gasteiger partial charge in [-0.25, -0.2) is 4.39 Å². The third-order valence-electron chi connectivity index (χ3n) is 4.18. The molecule has 1 aliphatic rings. The van der Waals surface area contributed by atoms with Crippen LogP contribution in [0.25, 0.3) is 0 Å². The van der Waals surface area contributed by atoms with Crippen LogP contribution in [0.4, 0.5) is 4.39 Å². The summed E-state index contributed by atoms with van der Waals surface area (Å²) in [6.07, 6.45) is 1.62. The first kappa shape index (κ1) is 15.3. The Morgan fingerprint density at radius 1 is 1.55 bits per heavy atom. The van der Waals surface area contributed by atoms with E-state index in [0.717, 1.165) is 19.4 Å². The van der Waals surface area contributed by atoms with E-state index in [2.05, 4.69) is 5.32 Å². The number of benzene rings is 1. The lowest BCUT2D eigenvalue weighted by Gasteiger charge is -2.31. The molecule has 0 aromatic heterocycles. The van der Waals surface area contributed by atoms with Crippen molar-refractivity contribution in [2.45, 2.75) is 26.3 Å². The van der Waals surface area contributed by atoms with Gasteiger partial charge in [0.2, 0.25) is 5.91 Å². The average Bonchev–Trinajstić information content (AvgIpc) is 2.92. The fourth-order valence-corrected chi connectivity index (χ4v) is 3.00. The Kier molecular flexibility index (Phi) is 4.66. The normalized spacial score (nSPS) is 22.0. The third-order valence-corrected chi connectivity index (χ3v) is 4.53. The maximum atomic E-state index is 13.8. The van der Waals surface area contributed by atoms with Crippen molar-refractivity contribution >= 4 is 17.5 Å². The van der Waals surface area contributed by atoms with Gasteiger partial charge in [0.1, 0.15) is 5.82 Å². The molecule has 110 valence electrons. The number of nitrogens with zero attached hydrogens (tertiary/aromatic N) is 1. The lowest BCUT2D eigenvalue weighted by atomic mass is 9.83. The molecule has 0 spiro atoms. The Morgan fingerprint density at radius 3 is 2.85 bits per heavy atom. The monoisotopic (exact) mass is 298 g/mol. The number of nitrogens with one attached hydrogen (secondary N) is 1. The molecule has 20 heavy (non-hydrogen) atoms. The van der Waals surface area contributed by atoms with Crippen molar-refractivity contribution in [1.29, 1.82) is 0 Å². The predicted octanol–water partition coefficient (Wildman–Crippen LogP) is 2.83. The van der Waals surface area contributed by atoms with Crippen molar-refractivity contribution in [3.63, 3.8) is 0 Å². The van der Waals surface area contributed by atoms with Crippen molar-refractivity contribution in [2.24, 2.45) is 5.41 Å². The fraction of sp³-hybridized carbons (Fsp3) is 0.533. The summed E-state index contributed by atoms with van der Waals surface area (Å²) in [4.78, 5) is 14.2. The Hall–Kier alpha value is -1.13. The quantitative estimate of drug-likeness (QED) is 0.927. The summed E-state index contributed by atoms with van der Waals surface area (Å²) in [5.74, 6) is -0.309. The number of hydrogen-bond acceptors (Lipinski definition) is 2. The van der Waals surface area contributed by atoms with Crippen LogP contribution in [0.15, 0.2) is 18.2 Å². The number of hydrogen-bond donors (Lipinski definition) is 1. The predicted molar refractivity (Wildman–Crippen MR) is 78.1 cm³/mol. The summed E-state index contributed by atoms with van der Waals surface area (Å²) in [7, 11) is 1.71. The van der Waals surface area contributed by atoms with E-state index in [4.69, 9.17) is 11.6 Å². The van der Waals surface area contributed by atoms with Crippen LogP contribution in [-0.4, -0.2) is 30.9 Å². The van der Waals surface area contributed by atoms with Gasteiger partial charge in [0.15, 0.2) is 0 Å². The number of rotatable bonds is 4. The molecule has 1 fully saturated rings. The Morgan fingerprint density at radius 2 is 2.30 bits per heavy atom. The first-order valence-corrected chi connectivity index (χ1v) is 7.27. The Bertz CT molecular complexity index is 480. The second-order valence-corrected chi connectivity index (χ2v) is 5.83. The van der Waals surface area contributed by atoms with E-state index in [9.17, 15) is 9.18 Å². The van der Waals surface area contributed by atoms with Gasteiger partial charge in [-0.1, -0.05) is 24.6 Å². The van der Waals surface area contributed by atoms with Crippen LogP contribution in [0.2, 0.25) is 5.02 Å². The summed E-state index contributed by atoms with van der Waals surface area (Å²) in [5.41, 5.74) is 0.0224. The highest BCUT2D eigenvalue weighted by Crippen LogP contribution is 2.32. The molecular weight excluding hydrogens is 279 g/mol. The molecule has 1 unspecified atom stereocenters. The molecule has 2 rings (SSSR count). The first-order valence-electron chi connectivity index (χ1n) is 6.89. The zero-order valence-electron chi connectivity index (χ0n) is 11.9. The summed E-state index contributed by atoms with van der Waals surface area (Å²) in [6, 6.07) is 4.58. The van der Waals surface area contributed by atoms with Crippen LogP contribution < -0.4 is 5.32 Å². The summed E-state index contributed by atoms with van der Waals surface area (Å²) in [5, 5.41) is 3.60. The zero-order valence-corrected chi connectivity index (χ0v) is 12.6. The Balaban J connectivity index is 2.15. The van der Waals surface area contributed by atoms with Crippen molar-refractivity contribution in [2.75, 3.05) is 20.1 Å². The van der Waals surface area contributed by atoms with Crippen LogP contribution >= 0.6 is 11.6 Å². The van der Waals surface area contributed by atoms with Crippen LogP contribution in [0.5, 0.6) is 0 Å². The van der Waals surface area contributed by atoms with E-state index in [1.165, 1.54) is 6.07 Å². The van der Waals surface area contributed by atoms with Gasteiger partial charge >= 0.3 is 0 Å². The van der Waals surface area contributed by atoms with E-state index in [1.54, 1.807) is 24.1 Å². The number of halogens is 2. The second-order valence-electron chi connectivity index (χ2n) is 5.42. The van der Waals surface area contributed by atoms with Gasteiger partial charge in [0, 0.05) is 30.7 Å². The van der Waals surface area contributed by atoms with Gasteiger partial charge in [-0.05, 0) is 31.5 Å². The molecule has 0 bridgehead atoms. The lowest BCUT2D eigenvalue weighted by molar-refractivity contribution is -0.140. The SMILES string of the molecule is CCC1(C(=O)N(C)Cc2c(F)cccc2Cl)CCNC1. The summed E-state index contributed by atoms with van der Waals surface area (Å²) < 4.78 is 13.8. The van der Waals surface area contributed by atoms with Crippen molar-refractivity contribution < 1.29 is 9.18 Å². The number of amides is 1. The molecule has 1 aromatic carbocycles. The smallest absolute Gasteiger partial charge is 0.230 e. The van der Waals surface area contributed by atoms with Crippen molar-refractivity contribution in [1.82, 2.24) is 10.2 Å². The van der Waals surface area contributed by atoms with Gasteiger partial charge < -0.3 is 10.2 Å². The number of carbonyl (C=O) groups is 1. The van der Waals surface area contributed by atoms with Gasteiger partial charge in [-0.3, -0.25) is 4.79 Å². The second kappa shape index (κ2) is 6.10. The molecule has 1 N–H and O–H groups in total. The lowest BCUT2D eigenvalue weighted by Crippen LogP contribution is -2.43. The van der Waals surface area contributed by atoms with Gasteiger partial charge in [-0.2, -0.15) is 0 Å². The van der Waals surface area contributed by atoms with Gasteiger partial charge in [0.25, 0.3) is 0 Å². The van der Waals surface area contributed by atoms with Gasteiger partial charge in [-0.15, -0.1) is 0 Å². The van der Waals surface area contributed by atoms with E-state index >= 15 is 0 Å². The van der Waals surface area contributed by atoms with Crippen LogP contribution in [0.1, 0.15) is 25.3 Å². The molecule has 1 heterocycles. The Labute approximate surface area is 124 Å². The van der Waals surface area contributed by atoms with Crippen LogP contribution in [-0.2, 0) is 11.3 Å². The van der Waals surface area contributed by atoms with E-state index in [1.807, 2.05) is 6.92 Å². The highest BCUT2D eigenvalue weighted by atomic mass is 35.5. The summed E-state index contributed by atoms with van der Waals surface area (Å²) in [6.45, 7) is 3.77. The van der Waals surface area contributed by atoms with Crippen molar-refractivity contribution in [3.05, 3.63) is 34.6 Å². The zero-order chi connectivity index (χ0) is 14.8. The third kappa shape index (κ3) is 2.81. The molecule has 3 nitrogen and oxygen atoms in total. The largest absolute Gasteiger partial charge is 0.341 e. The molecule has 5 heteroatoms. The van der Waals surface area contributed by atoms with Crippen LogP contribution in [0, 0.1) is 11.2 Å². The highest BCUT2D eigenvalue weighted by Gasteiger charge is 2.41. The van der Waals surface area contributed by atoms with Crippen LogP contribution in [0.3, 0.4) is 0 Å². The summed E-state index contributed by atoms with van der Waals surface area (Å²) >= 11 is 6.02. The molecule has 1 amide bonds. The molecule has 0 aliphatic carbocycles. The topological polar surface area (TPSA) is 32.3 Å². The molecule has 1 aromatic rings. The highest BCUT2D eigenvalue weighted by molar-refractivity contribution is 6.31. The maximum absolute atomic E-state index is 13.8. The average molecular weight is 299 g/mol. The molecule has 0 saturated carbocycles. The first-order chi connectivity index (χ1) is 9.50. The molecule has 0 radical (unpaired) electrons. The molecular formula is C15H20ClFN2O. The fourth-order valence-electron chi connectivity index (χ4n) is 2.78. The standard InChI is InChI=1S/C15H20ClFN2O/c1-3-15(7-8-18-10-15)14(20)19(2)9-11-12(16)5-4-6-13(11)17/h4-6,18H,3,7-10H2,1-2H3. The molecule has 1 aliphatic heterocycles. The molecule has 1 atom stereocenters. The number of carbonyl (C=O) groups excluding carboxylic acids is 1. The van der Waals surface area contributed by atoms with E-state index < -0.39 is 0 Å².